The van der Waals surface area contributed by atoms with Crippen molar-refractivity contribution in [2.75, 3.05) is 13.2 Å². The van der Waals surface area contributed by atoms with Gasteiger partial charge in [0, 0.05) is 18.9 Å². The lowest BCUT2D eigenvalue weighted by molar-refractivity contribution is -0.141. The number of aliphatic carboxylic acids is 1. The van der Waals surface area contributed by atoms with E-state index < -0.39 is 29.9 Å². The smallest absolute Gasteiger partial charge is 0.407 e. The van der Waals surface area contributed by atoms with Gasteiger partial charge in [-0.2, -0.15) is 5.26 Å². The normalized spacial score (nSPS) is 13.6. The molecule has 3 rings (SSSR count). The minimum Gasteiger partial charge on any atom is -0.481 e. The van der Waals surface area contributed by atoms with Crippen molar-refractivity contribution in [3.8, 4) is 17.2 Å². The Morgan fingerprint density at radius 3 is 2.26 bits per heavy atom. The number of carbonyl (C=O) groups excluding carboxylic acids is 2. The molecule has 2 aromatic carbocycles. The van der Waals surface area contributed by atoms with Crippen molar-refractivity contribution < 1.29 is 24.2 Å². The maximum atomic E-state index is 12.7. The van der Waals surface area contributed by atoms with E-state index >= 15 is 0 Å². The molecule has 0 aliphatic heterocycles. The van der Waals surface area contributed by atoms with Gasteiger partial charge in [-0.25, -0.2) is 4.79 Å². The number of fused-ring (bicyclic) bond motifs is 3. The van der Waals surface area contributed by atoms with Gasteiger partial charge >= 0.3 is 12.1 Å². The summed E-state index contributed by atoms with van der Waals surface area (Å²) in [6.45, 7) is 1.90. The molecule has 8 heteroatoms. The van der Waals surface area contributed by atoms with E-state index in [0.717, 1.165) is 22.3 Å². The van der Waals surface area contributed by atoms with E-state index in [-0.39, 0.29) is 25.5 Å². The van der Waals surface area contributed by atoms with Crippen LogP contribution in [0.3, 0.4) is 0 Å². The number of nitriles is 1. The Morgan fingerprint density at radius 2 is 1.66 bits per heavy atom. The predicted octanol–water partition coefficient (Wildman–Crippen LogP) is 4.20. The number of ether oxygens (including phenoxy) is 1. The van der Waals surface area contributed by atoms with Crippen molar-refractivity contribution in [3.63, 3.8) is 0 Å². The fraction of sp³-hybridized carbons (Fsp3) is 0.407. The highest BCUT2D eigenvalue weighted by Gasteiger charge is 2.29. The predicted molar refractivity (Wildman–Crippen MR) is 131 cm³/mol. The van der Waals surface area contributed by atoms with Gasteiger partial charge < -0.3 is 20.5 Å². The van der Waals surface area contributed by atoms with Crippen LogP contribution in [0.15, 0.2) is 48.5 Å². The number of amides is 2. The second kappa shape index (κ2) is 12.6. The van der Waals surface area contributed by atoms with Gasteiger partial charge in [0.1, 0.15) is 12.6 Å². The van der Waals surface area contributed by atoms with Crippen molar-refractivity contribution in [1.29, 1.82) is 5.26 Å². The number of benzene rings is 2. The van der Waals surface area contributed by atoms with Crippen LogP contribution in [0.4, 0.5) is 4.79 Å². The molecule has 2 unspecified atom stereocenters. The molecule has 2 atom stereocenters. The number of carboxylic acids is 1. The second-order valence-electron chi connectivity index (χ2n) is 8.75. The summed E-state index contributed by atoms with van der Waals surface area (Å²) in [7, 11) is 0. The third kappa shape index (κ3) is 6.82. The number of carboxylic acid groups (broad SMARTS) is 1. The Kier molecular flexibility index (Phi) is 9.24. The second-order valence-corrected chi connectivity index (χ2v) is 8.75. The number of nitrogens with one attached hydrogen (secondary N) is 2. The van der Waals surface area contributed by atoms with Gasteiger partial charge in [-0.15, -0.1) is 0 Å². The molecule has 184 valence electrons. The van der Waals surface area contributed by atoms with Gasteiger partial charge in [-0.1, -0.05) is 55.5 Å². The average Bonchev–Trinajstić information content (AvgIpc) is 3.18. The molecular formula is C27H31N3O5. The fourth-order valence-electron chi connectivity index (χ4n) is 4.26. The molecule has 0 bridgehead atoms. The maximum absolute atomic E-state index is 12.7. The minimum atomic E-state index is -0.927. The molecule has 35 heavy (non-hydrogen) atoms. The van der Waals surface area contributed by atoms with Gasteiger partial charge in [0.05, 0.1) is 12.0 Å². The molecule has 0 aromatic heterocycles. The summed E-state index contributed by atoms with van der Waals surface area (Å²) in [5.41, 5.74) is 4.45. The molecule has 1 aliphatic carbocycles. The molecule has 8 nitrogen and oxygen atoms in total. The molecule has 0 heterocycles. The van der Waals surface area contributed by atoms with E-state index in [1.165, 1.54) is 0 Å². The van der Waals surface area contributed by atoms with Crippen LogP contribution in [0.2, 0.25) is 0 Å². The number of hydrogen-bond acceptors (Lipinski definition) is 5. The zero-order valence-corrected chi connectivity index (χ0v) is 19.8. The number of alkyl carbamates (subject to hydrolysis) is 1. The fourth-order valence-corrected chi connectivity index (χ4v) is 4.26. The molecule has 1 aliphatic rings. The number of nitrogens with zero attached hydrogens (tertiary/aromatic N) is 1. The number of hydrogen-bond donors (Lipinski definition) is 3. The molecular weight excluding hydrogens is 446 g/mol. The Labute approximate surface area is 205 Å². The van der Waals surface area contributed by atoms with Crippen LogP contribution in [-0.4, -0.2) is 42.3 Å². The molecule has 0 spiro atoms. The molecule has 0 fully saturated rings. The van der Waals surface area contributed by atoms with E-state index in [2.05, 4.69) is 28.8 Å². The summed E-state index contributed by atoms with van der Waals surface area (Å²) < 4.78 is 5.56. The highest BCUT2D eigenvalue weighted by atomic mass is 16.5. The third-order valence-electron chi connectivity index (χ3n) is 6.28. The summed E-state index contributed by atoms with van der Waals surface area (Å²) in [5, 5.41) is 23.1. The number of carbonyl (C=O) groups is 3. The summed E-state index contributed by atoms with van der Waals surface area (Å²) in [4.78, 5) is 36.3. The molecule has 2 aromatic rings. The Morgan fingerprint density at radius 1 is 1.03 bits per heavy atom. The lowest BCUT2D eigenvalue weighted by Crippen LogP contribution is -2.47. The van der Waals surface area contributed by atoms with E-state index in [0.29, 0.717) is 25.7 Å². The summed E-state index contributed by atoms with van der Waals surface area (Å²) in [6, 6.07) is 17.3. The summed E-state index contributed by atoms with van der Waals surface area (Å²) in [6.07, 6.45) is 1.52. The van der Waals surface area contributed by atoms with Crippen LogP contribution in [-0.2, 0) is 14.3 Å². The highest BCUT2D eigenvalue weighted by molar-refractivity contribution is 5.85. The number of rotatable bonds is 12. The lowest BCUT2D eigenvalue weighted by atomic mass is 9.98. The number of unbranched alkanes of at least 4 members (excludes halogenated alkanes) is 2. The first kappa shape index (κ1) is 25.8. The van der Waals surface area contributed by atoms with Crippen LogP contribution < -0.4 is 10.6 Å². The van der Waals surface area contributed by atoms with Gasteiger partial charge in [0.25, 0.3) is 0 Å². The van der Waals surface area contributed by atoms with Gasteiger partial charge in [0.15, 0.2) is 0 Å². The van der Waals surface area contributed by atoms with Crippen LogP contribution in [0.25, 0.3) is 11.1 Å². The van der Waals surface area contributed by atoms with Gasteiger partial charge in [-0.05, 0) is 47.9 Å². The topological polar surface area (TPSA) is 129 Å². The van der Waals surface area contributed by atoms with Crippen LogP contribution in [0.5, 0.6) is 0 Å². The average molecular weight is 478 g/mol. The van der Waals surface area contributed by atoms with Crippen molar-refractivity contribution in [1.82, 2.24) is 10.6 Å². The summed E-state index contributed by atoms with van der Waals surface area (Å²) in [5.74, 6) is -2.00. The quantitative estimate of drug-likeness (QED) is 0.393. The van der Waals surface area contributed by atoms with Crippen LogP contribution in [0, 0.1) is 17.2 Å². The van der Waals surface area contributed by atoms with Gasteiger partial charge in [0.2, 0.25) is 5.91 Å². The van der Waals surface area contributed by atoms with Crippen LogP contribution >= 0.6 is 0 Å². The first-order valence-corrected chi connectivity index (χ1v) is 11.9. The Hall–Kier alpha value is -3.86. The molecule has 0 saturated carbocycles. The zero-order chi connectivity index (χ0) is 25.2. The molecule has 2 amide bonds. The van der Waals surface area contributed by atoms with Crippen molar-refractivity contribution in [2.45, 2.75) is 51.0 Å². The molecule has 0 saturated heterocycles. The van der Waals surface area contributed by atoms with Crippen LogP contribution in [0.1, 0.15) is 56.1 Å². The van der Waals surface area contributed by atoms with E-state index in [4.69, 9.17) is 15.1 Å². The maximum Gasteiger partial charge on any atom is 0.407 e. The van der Waals surface area contributed by atoms with E-state index in [1.807, 2.05) is 36.4 Å². The minimum absolute atomic E-state index is 0.0893. The van der Waals surface area contributed by atoms with E-state index in [1.54, 1.807) is 6.92 Å². The van der Waals surface area contributed by atoms with Crippen molar-refractivity contribution in [3.05, 3.63) is 59.7 Å². The van der Waals surface area contributed by atoms with Crippen molar-refractivity contribution in [2.24, 2.45) is 5.92 Å². The Bertz CT molecular complexity index is 1050. The molecule has 0 radical (unpaired) electrons. The first-order chi connectivity index (χ1) is 16.9. The SMILES string of the molecule is CC(CCNC(=O)C(CCCCC#N)NC(=O)OCC1c2ccccc2-c2ccccc21)C(=O)O. The van der Waals surface area contributed by atoms with Crippen molar-refractivity contribution >= 4 is 18.0 Å². The van der Waals surface area contributed by atoms with E-state index in [9.17, 15) is 14.4 Å². The largest absolute Gasteiger partial charge is 0.481 e. The standard InChI is InChI=1S/C27H31N3O5/c1-18(26(32)33)14-16-29-25(31)24(13-3-2-8-15-28)30-27(34)35-17-23-21-11-6-4-9-19(21)20-10-5-7-12-22(20)23/h4-7,9-12,18,23-24H,2-3,8,13-14,16-17H2,1H3,(H,29,31)(H,30,34)(H,32,33). The summed E-state index contributed by atoms with van der Waals surface area (Å²) >= 11 is 0. The Balaban J connectivity index is 1.59. The third-order valence-corrected chi connectivity index (χ3v) is 6.28. The first-order valence-electron chi connectivity index (χ1n) is 11.9. The van der Waals surface area contributed by atoms with Gasteiger partial charge in [-0.3, -0.25) is 9.59 Å². The zero-order valence-electron chi connectivity index (χ0n) is 19.8. The molecule has 3 N–H and O–H groups in total. The highest BCUT2D eigenvalue weighted by Crippen LogP contribution is 2.44. The lowest BCUT2D eigenvalue weighted by Gasteiger charge is -2.20. The monoisotopic (exact) mass is 477 g/mol.